The highest BCUT2D eigenvalue weighted by Crippen LogP contribution is 2.26. The highest BCUT2D eigenvalue weighted by atomic mass is 32.2. The van der Waals surface area contributed by atoms with Gasteiger partial charge in [-0.3, -0.25) is 0 Å². The van der Waals surface area contributed by atoms with Gasteiger partial charge < -0.3 is 0 Å². The van der Waals surface area contributed by atoms with Crippen molar-refractivity contribution >= 4 is 23.1 Å². The standard InChI is InChI=1S/C7H11NS2/c1-3-4-9-7-6(2)8-5-10-7/h5H,3-4H2,1-2H3. The molecular weight excluding hydrogens is 162 g/mol. The number of nitrogens with zero attached hydrogens (tertiary/aromatic N) is 1. The Hall–Kier alpha value is -0.0200. The van der Waals surface area contributed by atoms with Crippen molar-refractivity contribution in [1.29, 1.82) is 0 Å². The summed E-state index contributed by atoms with van der Waals surface area (Å²) >= 11 is 3.65. The predicted octanol–water partition coefficient (Wildman–Crippen LogP) is 2.95. The van der Waals surface area contributed by atoms with Crippen LogP contribution in [-0.2, 0) is 0 Å². The first-order valence-electron chi connectivity index (χ1n) is 3.37. The molecule has 0 aliphatic heterocycles. The molecule has 1 aromatic rings. The zero-order valence-electron chi connectivity index (χ0n) is 6.26. The maximum absolute atomic E-state index is 4.17. The molecule has 0 aliphatic carbocycles. The minimum Gasteiger partial charge on any atom is -0.249 e. The van der Waals surface area contributed by atoms with Crippen molar-refractivity contribution in [2.75, 3.05) is 5.75 Å². The van der Waals surface area contributed by atoms with Crippen molar-refractivity contribution in [3.05, 3.63) is 11.2 Å². The molecule has 1 nitrogen and oxygen atoms in total. The van der Waals surface area contributed by atoms with Crippen LogP contribution in [0.2, 0.25) is 0 Å². The highest BCUT2D eigenvalue weighted by molar-refractivity contribution is 8.01. The third kappa shape index (κ3) is 1.99. The second-order valence-corrected chi connectivity index (χ2v) is 4.29. The number of thioether (sulfide) groups is 1. The van der Waals surface area contributed by atoms with E-state index in [1.165, 1.54) is 22.1 Å². The van der Waals surface area contributed by atoms with Gasteiger partial charge in [-0.15, -0.1) is 23.1 Å². The molecule has 3 heteroatoms. The Morgan fingerprint density at radius 1 is 1.70 bits per heavy atom. The number of aryl methyl sites for hydroxylation is 1. The van der Waals surface area contributed by atoms with Crippen LogP contribution in [0.3, 0.4) is 0 Å². The monoisotopic (exact) mass is 173 g/mol. The van der Waals surface area contributed by atoms with Crippen LogP contribution < -0.4 is 0 Å². The van der Waals surface area contributed by atoms with Gasteiger partial charge in [0.2, 0.25) is 0 Å². The van der Waals surface area contributed by atoms with Crippen molar-refractivity contribution < 1.29 is 0 Å². The van der Waals surface area contributed by atoms with E-state index in [1.54, 1.807) is 11.3 Å². The quantitative estimate of drug-likeness (QED) is 0.652. The maximum atomic E-state index is 4.17. The van der Waals surface area contributed by atoms with E-state index in [0.29, 0.717) is 0 Å². The average molecular weight is 173 g/mol. The van der Waals surface area contributed by atoms with Crippen molar-refractivity contribution in [2.24, 2.45) is 0 Å². The van der Waals surface area contributed by atoms with Crippen molar-refractivity contribution in [2.45, 2.75) is 24.5 Å². The van der Waals surface area contributed by atoms with Crippen LogP contribution in [0.5, 0.6) is 0 Å². The number of aromatic nitrogens is 1. The summed E-state index contributed by atoms with van der Waals surface area (Å²) in [7, 11) is 0. The summed E-state index contributed by atoms with van der Waals surface area (Å²) in [5.74, 6) is 1.21. The second-order valence-electron chi connectivity index (χ2n) is 2.07. The van der Waals surface area contributed by atoms with Gasteiger partial charge in [0.05, 0.1) is 15.4 Å². The van der Waals surface area contributed by atoms with Crippen LogP contribution in [0.1, 0.15) is 19.0 Å². The topological polar surface area (TPSA) is 12.9 Å². The van der Waals surface area contributed by atoms with Crippen LogP contribution in [0, 0.1) is 6.92 Å². The van der Waals surface area contributed by atoms with Crippen LogP contribution in [0.15, 0.2) is 9.72 Å². The lowest BCUT2D eigenvalue weighted by atomic mass is 10.6. The fourth-order valence-corrected chi connectivity index (χ4v) is 2.46. The average Bonchev–Trinajstić information content (AvgIpc) is 2.31. The lowest BCUT2D eigenvalue weighted by molar-refractivity contribution is 1.10. The third-order valence-electron chi connectivity index (χ3n) is 1.14. The molecule has 1 aromatic heterocycles. The Bertz CT molecular complexity index is 195. The molecule has 10 heavy (non-hydrogen) atoms. The van der Waals surface area contributed by atoms with Crippen molar-refractivity contribution in [3.63, 3.8) is 0 Å². The van der Waals surface area contributed by atoms with Gasteiger partial charge in [-0.2, -0.15) is 0 Å². The van der Waals surface area contributed by atoms with Crippen LogP contribution >= 0.6 is 23.1 Å². The zero-order valence-corrected chi connectivity index (χ0v) is 7.89. The summed E-state index contributed by atoms with van der Waals surface area (Å²) in [5, 5.41) is 0. The van der Waals surface area contributed by atoms with Crippen LogP contribution in [0.4, 0.5) is 0 Å². The molecule has 0 bridgehead atoms. The van der Waals surface area contributed by atoms with E-state index >= 15 is 0 Å². The van der Waals surface area contributed by atoms with E-state index in [-0.39, 0.29) is 0 Å². The van der Waals surface area contributed by atoms with E-state index in [0.717, 1.165) is 0 Å². The summed E-state index contributed by atoms with van der Waals surface area (Å²) in [4.78, 5) is 4.17. The molecule has 0 saturated heterocycles. The van der Waals surface area contributed by atoms with E-state index < -0.39 is 0 Å². The zero-order chi connectivity index (χ0) is 7.40. The molecule has 0 N–H and O–H groups in total. The van der Waals surface area contributed by atoms with E-state index in [2.05, 4.69) is 18.8 Å². The first-order valence-corrected chi connectivity index (χ1v) is 5.24. The Morgan fingerprint density at radius 3 is 3.00 bits per heavy atom. The summed E-state index contributed by atoms with van der Waals surface area (Å²) < 4.78 is 1.38. The van der Waals surface area contributed by atoms with E-state index in [4.69, 9.17) is 0 Å². The van der Waals surface area contributed by atoms with Crippen molar-refractivity contribution in [1.82, 2.24) is 4.98 Å². The number of hydrogen-bond acceptors (Lipinski definition) is 3. The number of hydrogen-bond donors (Lipinski definition) is 0. The van der Waals surface area contributed by atoms with Gasteiger partial charge in [0.25, 0.3) is 0 Å². The lowest BCUT2D eigenvalue weighted by Gasteiger charge is -1.93. The summed E-state index contributed by atoms with van der Waals surface area (Å²) in [5.41, 5.74) is 3.09. The minimum atomic E-state index is 1.18. The molecule has 0 aliphatic rings. The largest absolute Gasteiger partial charge is 0.249 e. The van der Waals surface area contributed by atoms with Crippen LogP contribution in [0.25, 0.3) is 0 Å². The molecule has 0 fully saturated rings. The van der Waals surface area contributed by atoms with Gasteiger partial charge in [-0.05, 0) is 19.1 Å². The van der Waals surface area contributed by atoms with Gasteiger partial charge in [0.1, 0.15) is 0 Å². The normalized spacial score (nSPS) is 10.2. The smallest absolute Gasteiger partial charge is 0.0827 e. The number of thiazole rings is 1. The fourth-order valence-electron chi connectivity index (χ4n) is 0.624. The van der Waals surface area contributed by atoms with Gasteiger partial charge in [0.15, 0.2) is 0 Å². The molecular formula is C7H11NS2. The molecule has 0 aromatic carbocycles. The molecule has 56 valence electrons. The molecule has 0 atom stereocenters. The molecule has 0 spiro atoms. The Kier molecular flexibility index (Phi) is 3.22. The lowest BCUT2D eigenvalue weighted by Crippen LogP contribution is -1.75. The summed E-state index contributed by atoms with van der Waals surface area (Å²) in [6, 6.07) is 0. The van der Waals surface area contributed by atoms with Gasteiger partial charge in [-0.25, -0.2) is 4.98 Å². The van der Waals surface area contributed by atoms with Crippen LogP contribution in [-0.4, -0.2) is 10.7 Å². The molecule has 0 unspecified atom stereocenters. The summed E-state index contributed by atoms with van der Waals surface area (Å²) in [6.07, 6.45) is 1.24. The molecule has 1 heterocycles. The maximum Gasteiger partial charge on any atom is 0.0827 e. The molecule has 0 amide bonds. The SMILES string of the molecule is CCCSc1scnc1C. The predicted molar refractivity (Wildman–Crippen MR) is 47.9 cm³/mol. The first kappa shape index (κ1) is 8.08. The third-order valence-corrected chi connectivity index (χ3v) is 3.67. The molecule has 1 rings (SSSR count). The highest BCUT2D eigenvalue weighted by Gasteiger charge is 1.99. The van der Waals surface area contributed by atoms with Gasteiger partial charge in [-0.1, -0.05) is 6.92 Å². The van der Waals surface area contributed by atoms with E-state index in [1.807, 2.05) is 17.3 Å². The number of rotatable bonds is 3. The minimum absolute atomic E-state index is 1.18. The Balaban J connectivity index is 2.49. The van der Waals surface area contributed by atoms with Gasteiger partial charge in [0, 0.05) is 0 Å². The van der Waals surface area contributed by atoms with E-state index in [9.17, 15) is 0 Å². The fraction of sp³-hybridized carbons (Fsp3) is 0.571. The van der Waals surface area contributed by atoms with Crippen molar-refractivity contribution in [3.8, 4) is 0 Å². The van der Waals surface area contributed by atoms with Gasteiger partial charge >= 0.3 is 0 Å². The Labute approximate surface area is 69.9 Å². The second kappa shape index (κ2) is 3.98. The summed E-state index contributed by atoms with van der Waals surface area (Å²) in [6.45, 7) is 4.26. The molecule has 0 radical (unpaired) electrons. The molecule has 0 saturated carbocycles. The first-order chi connectivity index (χ1) is 4.84. The Morgan fingerprint density at radius 2 is 2.50 bits per heavy atom.